The van der Waals surface area contributed by atoms with Crippen molar-refractivity contribution in [2.24, 2.45) is 10.8 Å². The third-order valence-electron chi connectivity index (χ3n) is 3.24. The van der Waals surface area contributed by atoms with E-state index in [9.17, 15) is 13.2 Å². The maximum absolute atomic E-state index is 12.2. The molecule has 1 amide bonds. The largest absolute Gasteiger partial charge is 0.436 e. The molecule has 8 heteroatoms. The minimum absolute atomic E-state index is 0.0236. The van der Waals surface area contributed by atoms with Crippen molar-refractivity contribution in [2.75, 3.05) is 0 Å². The molecule has 3 rings (SSSR count). The van der Waals surface area contributed by atoms with Crippen LogP contribution in [0.4, 0.5) is 0 Å². The van der Waals surface area contributed by atoms with Gasteiger partial charge in [0.2, 0.25) is 5.55 Å². The molecule has 0 unspecified atom stereocenters. The van der Waals surface area contributed by atoms with Crippen molar-refractivity contribution in [3.8, 4) is 0 Å². The highest BCUT2D eigenvalue weighted by atomic mass is 32.2. The van der Waals surface area contributed by atoms with Crippen LogP contribution < -0.4 is 16.1 Å². The number of nitrogens with zero attached hydrogens (tertiary/aromatic N) is 1. The second-order valence-electron chi connectivity index (χ2n) is 4.89. The van der Waals surface area contributed by atoms with Gasteiger partial charge in [0.15, 0.2) is 0 Å². The normalized spacial score (nSPS) is 12.2. The van der Waals surface area contributed by atoms with Crippen LogP contribution in [-0.4, -0.2) is 14.3 Å². The predicted octanol–water partition coefficient (Wildman–Crippen LogP) is 1.33. The van der Waals surface area contributed by atoms with Crippen molar-refractivity contribution in [1.29, 1.82) is 0 Å². The van der Waals surface area contributed by atoms with Gasteiger partial charge in [-0.2, -0.15) is 13.2 Å². The van der Waals surface area contributed by atoms with Crippen LogP contribution in [0.2, 0.25) is 0 Å². The second-order valence-corrected chi connectivity index (χ2v) is 6.55. The number of primary amides is 1. The fourth-order valence-electron chi connectivity index (χ4n) is 2.08. The number of sulfonamides is 1. The predicted molar refractivity (Wildman–Crippen MR) is 87.1 cm³/mol. The Morgan fingerprint density at radius 3 is 2.42 bits per heavy atom. The number of rotatable bonds is 4. The summed E-state index contributed by atoms with van der Waals surface area (Å²) in [4.78, 5) is 13.7. The molecule has 0 aliphatic rings. The molecule has 3 N–H and O–H groups in total. The maximum Gasteiger partial charge on any atom is 0.276 e. The highest BCUT2D eigenvalue weighted by Crippen LogP contribution is 2.12. The zero-order valence-corrected chi connectivity index (χ0v) is 13.2. The fourth-order valence-corrected chi connectivity index (χ4v) is 2.91. The Morgan fingerprint density at radius 1 is 1.04 bits per heavy atom. The van der Waals surface area contributed by atoms with Crippen LogP contribution in [0.1, 0.15) is 10.4 Å². The summed E-state index contributed by atoms with van der Waals surface area (Å²) in [5.74, 6) is -0.776. The van der Waals surface area contributed by atoms with Crippen LogP contribution in [0.3, 0.4) is 0 Å². The van der Waals surface area contributed by atoms with Gasteiger partial charge < -0.3 is 10.2 Å². The Hall–Kier alpha value is -3.13. The van der Waals surface area contributed by atoms with Crippen LogP contribution >= 0.6 is 0 Å². The summed E-state index contributed by atoms with van der Waals surface area (Å²) < 4.78 is 29.9. The Labute approximate surface area is 137 Å². The minimum Gasteiger partial charge on any atom is -0.436 e. The van der Waals surface area contributed by atoms with Gasteiger partial charge in [-0.25, -0.2) is 0 Å². The molecule has 3 aromatic rings. The van der Waals surface area contributed by atoms with Gasteiger partial charge in [0.05, 0.1) is 4.90 Å². The number of fused-ring (bicyclic) bond motifs is 1. The highest BCUT2D eigenvalue weighted by molar-refractivity contribution is 7.89. The lowest BCUT2D eigenvalue weighted by atomic mass is 10.2. The van der Waals surface area contributed by atoms with Gasteiger partial charge >= 0.3 is 0 Å². The molecule has 2 aromatic carbocycles. The first-order valence-corrected chi connectivity index (χ1v) is 8.39. The average Bonchev–Trinajstić information content (AvgIpc) is 2.60. The van der Waals surface area contributed by atoms with Crippen molar-refractivity contribution < 1.29 is 17.6 Å². The first kappa shape index (κ1) is 15.8. The first-order valence-electron chi connectivity index (χ1n) is 6.91. The molecule has 7 nitrogen and oxygen atoms in total. The molecule has 0 bridgehead atoms. The Bertz CT molecular complexity index is 1070. The molecule has 0 aliphatic heterocycles. The zero-order chi connectivity index (χ0) is 17.2. The molecule has 0 aliphatic carbocycles. The minimum atomic E-state index is -3.88. The van der Waals surface area contributed by atoms with Crippen LogP contribution in [0, 0.1) is 0 Å². The SMILES string of the molecule is NC(=O)c1cc2ccccc2o/c1=N\NS(=O)(=O)c1ccccc1. The number of benzene rings is 2. The molecule has 0 radical (unpaired) electrons. The van der Waals surface area contributed by atoms with Gasteiger partial charge in [-0.15, -0.1) is 5.10 Å². The summed E-state index contributed by atoms with van der Waals surface area (Å²) in [5.41, 5.74) is 5.53. The van der Waals surface area contributed by atoms with E-state index in [0.29, 0.717) is 11.0 Å². The summed E-state index contributed by atoms with van der Waals surface area (Å²) >= 11 is 0. The second kappa shape index (κ2) is 6.17. The summed E-state index contributed by atoms with van der Waals surface area (Å²) in [6.07, 6.45) is 0. The van der Waals surface area contributed by atoms with Crippen LogP contribution in [0.5, 0.6) is 0 Å². The lowest BCUT2D eigenvalue weighted by Gasteiger charge is -2.04. The van der Waals surface area contributed by atoms with E-state index in [1.807, 2.05) is 4.83 Å². The summed E-state index contributed by atoms with van der Waals surface area (Å²) in [7, 11) is -3.88. The van der Waals surface area contributed by atoms with Gasteiger partial charge in [-0.3, -0.25) is 4.79 Å². The molecule has 0 fully saturated rings. The van der Waals surface area contributed by atoms with E-state index >= 15 is 0 Å². The molecular weight excluding hydrogens is 330 g/mol. The van der Waals surface area contributed by atoms with E-state index in [1.165, 1.54) is 18.2 Å². The van der Waals surface area contributed by atoms with Crippen molar-refractivity contribution >= 4 is 26.9 Å². The summed E-state index contributed by atoms with van der Waals surface area (Å²) in [6.45, 7) is 0. The smallest absolute Gasteiger partial charge is 0.276 e. The zero-order valence-electron chi connectivity index (χ0n) is 12.3. The van der Waals surface area contributed by atoms with Gasteiger partial charge in [-0.1, -0.05) is 36.4 Å². The number of amides is 1. The standard InChI is InChI=1S/C16H13N3O4S/c17-15(20)13-10-11-6-4-5-9-14(11)23-16(13)18-19-24(21,22)12-7-2-1-3-8-12/h1-10,19H,(H2,17,20)/b18-16-. The summed E-state index contributed by atoms with van der Waals surface area (Å²) in [5, 5.41) is 4.37. The topological polar surface area (TPSA) is 115 Å². The number of para-hydroxylation sites is 1. The monoisotopic (exact) mass is 343 g/mol. The third kappa shape index (κ3) is 3.13. The molecule has 0 spiro atoms. The van der Waals surface area contributed by atoms with Crippen molar-refractivity contribution in [2.45, 2.75) is 4.90 Å². The first-order chi connectivity index (χ1) is 11.5. The lowest BCUT2D eigenvalue weighted by Crippen LogP contribution is -2.27. The summed E-state index contributed by atoms with van der Waals surface area (Å²) in [6, 6.07) is 16.1. The van der Waals surface area contributed by atoms with Gasteiger partial charge in [0, 0.05) is 5.39 Å². The van der Waals surface area contributed by atoms with E-state index in [4.69, 9.17) is 10.2 Å². The van der Waals surface area contributed by atoms with E-state index in [1.54, 1.807) is 42.5 Å². The third-order valence-corrected chi connectivity index (χ3v) is 4.47. The fraction of sp³-hybridized carbons (Fsp3) is 0. The van der Waals surface area contributed by atoms with Crippen LogP contribution in [0.25, 0.3) is 11.0 Å². The van der Waals surface area contributed by atoms with Crippen molar-refractivity contribution in [3.63, 3.8) is 0 Å². The number of nitrogens with one attached hydrogen (secondary N) is 1. The Balaban J connectivity index is 2.09. The van der Waals surface area contributed by atoms with Crippen LogP contribution in [0.15, 0.2) is 75.1 Å². The maximum atomic E-state index is 12.2. The Morgan fingerprint density at radius 2 is 1.71 bits per heavy atom. The van der Waals surface area contributed by atoms with E-state index in [2.05, 4.69) is 5.10 Å². The number of carbonyl (C=O) groups is 1. The number of carbonyl (C=O) groups excluding carboxylic acids is 1. The number of hydrogen-bond acceptors (Lipinski definition) is 5. The van der Waals surface area contributed by atoms with E-state index in [-0.39, 0.29) is 16.0 Å². The Kier molecular flexibility index (Phi) is 4.05. The average molecular weight is 343 g/mol. The van der Waals surface area contributed by atoms with E-state index < -0.39 is 15.9 Å². The molecule has 0 saturated heterocycles. The molecule has 24 heavy (non-hydrogen) atoms. The van der Waals surface area contributed by atoms with Crippen molar-refractivity contribution in [3.05, 3.63) is 71.8 Å². The lowest BCUT2D eigenvalue weighted by molar-refractivity contribution is 0.0996. The van der Waals surface area contributed by atoms with Gasteiger partial charge in [0.25, 0.3) is 15.9 Å². The van der Waals surface area contributed by atoms with Crippen molar-refractivity contribution in [1.82, 2.24) is 4.83 Å². The number of nitrogens with two attached hydrogens (primary N) is 1. The van der Waals surface area contributed by atoms with Gasteiger partial charge in [-0.05, 0) is 24.3 Å². The number of hydrogen-bond donors (Lipinski definition) is 2. The molecule has 1 aromatic heterocycles. The quantitative estimate of drug-likeness (QED) is 0.695. The molecule has 1 heterocycles. The molecule has 122 valence electrons. The van der Waals surface area contributed by atoms with Crippen LogP contribution in [-0.2, 0) is 10.0 Å². The van der Waals surface area contributed by atoms with Gasteiger partial charge in [0.1, 0.15) is 11.1 Å². The molecule has 0 atom stereocenters. The highest BCUT2D eigenvalue weighted by Gasteiger charge is 2.14. The molecular formula is C16H13N3O4S. The van der Waals surface area contributed by atoms with E-state index in [0.717, 1.165) is 0 Å². The molecule has 0 saturated carbocycles.